The number of amides is 1. The van der Waals surface area contributed by atoms with E-state index in [2.05, 4.69) is 50.8 Å². The zero-order valence-electron chi connectivity index (χ0n) is 15.9. The van der Waals surface area contributed by atoms with Gasteiger partial charge in [0.05, 0.1) is 5.03 Å². The van der Waals surface area contributed by atoms with Gasteiger partial charge in [0.15, 0.2) is 0 Å². The van der Waals surface area contributed by atoms with Crippen molar-refractivity contribution in [3.63, 3.8) is 0 Å². The zero-order valence-corrected chi connectivity index (χ0v) is 16.8. The van der Waals surface area contributed by atoms with Crippen molar-refractivity contribution < 1.29 is 4.79 Å². The summed E-state index contributed by atoms with van der Waals surface area (Å²) < 4.78 is 0. The second kappa shape index (κ2) is 7.13. The van der Waals surface area contributed by atoms with E-state index in [0.717, 1.165) is 16.8 Å². The molecule has 0 aliphatic carbocycles. The van der Waals surface area contributed by atoms with Gasteiger partial charge in [-0.15, -0.1) is 12.6 Å². The van der Waals surface area contributed by atoms with Crippen LogP contribution < -0.4 is 10.2 Å². The molecule has 0 saturated heterocycles. The Hall–Kier alpha value is -2.71. The Bertz CT molecular complexity index is 949. The molecule has 1 aliphatic heterocycles. The normalized spacial score (nSPS) is 17.6. The van der Waals surface area contributed by atoms with Crippen LogP contribution in [0.2, 0.25) is 0 Å². The molecule has 1 atom stereocenters. The molecule has 2 aromatic rings. The molecule has 0 fully saturated rings. The first-order chi connectivity index (χ1) is 12.7. The highest BCUT2D eigenvalue weighted by Crippen LogP contribution is 2.37. The summed E-state index contributed by atoms with van der Waals surface area (Å²) in [6.07, 6.45) is -0.433. The van der Waals surface area contributed by atoms with E-state index in [1.54, 1.807) is 0 Å². The lowest BCUT2D eigenvalue weighted by Crippen LogP contribution is -2.46. The van der Waals surface area contributed by atoms with Crippen LogP contribution in [-0.2, 0) is 10.2 Å². The maximum absolute atomic E-state index is 12.4. The van der Waals surface area contributed by atoms with Gasteiger partial charge in [-0.3, -0.25) is 4.79 Å². The minimum absolute atomic E-state index is 0.0177. The molecule has 0 aromatic heterocycles. The Morgan fingerprint density at radius 3 is 2.30 bits per heavy atom. The molecule has 138 valence electrons. The Morgan fingerprint density at radius 1 is 1.11 bits per heavy atom. The zero-order chi connectivity index (χ0) is 19.8. The number of nitriles is 1. The van der Waals surface area contributed by atoms with Crippen molar-refractivity contribution in [2.24, 2.45) is 0 Å². The van der Waals surface area contributed by atoms with E-state index in [1.807, 2.05) is 54.3 Å². The summed E-state index contributed by atoms with van der Waals surface area (Å²) in [5.41, 5.74) is 4.16. The lowest BCUT2D eigenvalue weighted by atomic mass is 9.86. The second-order valence-electron chi connectivity index (χ2n) is 7.71. The minimum atomic E-state index is -0.433. The van der Waals surface area contributed by atoms with Crippen LogP contribution in [0, 0.1) is 18.3 Å². The molecule has 2 aromatic carbocycles. The van der Waals surface area contributed by atoms with Gasteiger partial charge >= 0.3 is 0 Å². The second-order valence-corrected chi connectivity index (χ2v) is 8.14. The quantitative estimate of drug-likeness (QED) is 0.753. The molecule has 1 N–H and O–H groups in total. The highest BCUT2D eigenvalue weighted by atomic mass is 32.1. The van der Waals surface area contributed by atoms with Crippen molar-refractivity contribution in [2.45, 2.75) is 39.3 Å². The van der Waals surface area contributed by atoms with Crippen LogP contribution in [0.3, 0.4) is 0 Å². The maximum atomic E-state index is 12.4. The third kappa shape index (κ3) is 3.58. The number of aryl methyl sites for hydroxylation is 1. The number of nitrogens with one attached hydrogen (secondary N) is 1. The topological polar surface area (TPSA) is 56.1 Å². The third-order valence-electron chi connectivity index (χ3n) is 4.78. The van der Waals surface area contributed by atoms with E-state index >= 15 is 0 Å². The van der Waals surface area contributed by atoms with Gasteiger partial charge in [-0.2, -0.15) is 5.26 Å². The average Bonchev–Trinajstić information content (AvgIpc) is 2.62. The van der Waals surface area contributed by atoms with Crippen molar-refractivity contribution >= 4 is 24.2 Å². The fraction of sp³-hybridized carbons (Fsp3) is 0.273. The molecule has 27 heavy (non-hydrogen) atoms. The fourth-order valence-electron chi connectivity index (χ4n) is 3.19. The highest BCUT2D eigenvalue weighted by molar-refractivity contribution is 7.84. The van der Waals surface area contributed by atoms with Crippen molar-refractivity contribution in [1.29, 1.82) is 5.26 Å². The molecule has 0 spiro atoms. The maximum Gasteiger partial charge on any atom is 0.266 e. The van der Waals surface area contributed by atoms with Crippen molar-refractivity contribution in [1.82, 2.24) is 5.32 Å². The van der Waals surface area contributed by atoms with Gasteiger partial charge < -0.3 is 10.2 Å². The van der Waals surface area contributed by atoms with E-state index in [9.17, 15) is 10.1 Å². The molecule has 0 unspecified atom stereocenters. The molecule has 1 heterocycles. The number of anilines is 1. The van der Waals surface area contributed by atoms with Gasteiger partial charge in [-0.25, -0.2) is 0 Å². The molecule has 5 heteroatoms. The largest absolute Gasteiger partial charge is 0.327 e. The third-order valence-corrected chi connectivity index (χ3v) is 5.22. The van der Waals surface area contributed by atoms with E-state index < -0.39 is 12.1 Å². The molecule has 0 saturated carbocycles. The Labute approximate surface area is 165 Å². The number of carbonyl (C=O) groups is 1. The van der Waals surface area contributed by atoms with Gasteiger partial charge in [0.25, 0.3) is 5.91 Å². The van der Waals surface area contributed by atoms with Crippen molar-refractivity contribution in [3.05, 3.63) is 75.8 Å². The fourth-order valence-corrected chi connectivity index (χ4v) is 3.57. The van der Waals surface area contributed by atoms with Crippen LogP contribution in [0.4, 0.5) is 5.69 Å². The monoisotopic (exact) mass is 377 g/mol. The number of rotatable bonds is 2. The number of carbonyl (C=O) groups excluding carboxylic acids is 1. The van der Waals surface area contributed by atoms with Gasteiger partial charge in [-0.1, -0.05) is 63.2 Å². The summed E-state index contributed by atoms with van der Waals surface area (Å²) in [5.74, 6) is -0.405. The highest BCUT2D eigenvalue weighted by Gasteiger charge is 2.34. The lowest BCUT2D eigenvalue weighted by molar-refractivity contribution is -0.118. The van der Waals surface area contributed by atoms with Gasteiger partial charge in [-0.05, 0) is 35.1 Å². The summed E-state index contributed by atoms with van der Waals surface area (Å²) in [7, 11) is 0. The SMILES string of the molecule is Cc1ccccc1N1C(S)=C(C#N)C(=O)N[C@H]1c1ccc(C(C)(C)C)cc1. The number of nitrogens with zero attached hydrogens (tertiary/aromatic N) is 2. The smallest absolute Gasteiger partial charge is 0.266 e. The standard InChI is InChI=1S/C22H23N3OS/c1-14-7-5-6-8-18(14)25-19(24-20(26)17(13-23)21(25)27)15-9-11-16(12-10-15)22(2,3)4/h5-12,19,27H,1-4H3,(H,24,26)/t19-/m1/s1. The first-order valence-corrected chi connectivity index (χ1v) is 9.28. The van der Waals surface area contributed by atoms with Crippen molar-refractivity contribution in [2.75, 3.05) is 4.90 Å². The Kier molecular flexibility index (Phi) is 5.03. The van der Waals surface area contributed by atoms with Crippen LogP contribution in [0.25, 0.3) is 0 Å². The summed E-state index contributed by atoms with van der Waals surface area (Å²) in [6, 6.07) is 18.0. The van der Waals surface area contributed by atoms with E-state index in [0.29, 0.717) is 5.03 Å². The number of benzene rings is 2. The van der Waals surface area contributed by atoms with Crippen LogP contribution in [0.15, 0.2) is 59.1 Å². The van der Waals surface area contributed by atoms with Crippen LogP contribution in [0.1, 0.15) is 43.6 Å². The molecule has 1 amide bonds. The summed E-state index contributed by atoms with van der Waals surface area (Å²) in [4.78, 5) is 14.3. The van der Waals surface area contributed by atoms with Crippen molar-refractivity contribution in [3.8, 4) is 6.07 Å². The predicted molar refractivity (Wildman–Crippen MR) is 111 cm³/mol. The first-order valence-electron chi connectivity index (χ1n) is 8.83. The van der Waals surface area contributed by atoms with E-state index in [4.69, 9.17) is 0 Å². The van der Waals surface area contributed by atoms with E-state index in [1.165, 1.54) is 5.56 Å². The minimum Gasteiger partial charge on any atom is -0.327 e. The summed E-state index contributed by atoms with van der Waals surface area (Å²) in [6.45, 7) is 8.49. The molecule has 3 rings (SSSR count). The Balaban J connectivity index is 2.13. The molecule has 1 aliphatic rings. The van der Waals surface area contributed by atoms with Crippen LogP contribution in [0.5, 0.6) is 0 Å². The average molecular weight is 378 g/mol. The number of hydrogen-bond donors (Lipinski definition) is 2. The summed E-state index contributed by atoms with van der Waals surface area (Å²) >= 11 is 4.55. The summed E-state index contributed by atoms with van der Waals surface area (Å²) in [5, 5.41) is 12.7. The Morgan fingerprint density at radius 2 is 1.74 bits per heavy atom. The molecule has 4 nitrogen and oxygen atoms in total. The predicted octanol–water partition coefficient (Wildman–Crippen LogP) is 4.59. The molecule has 0 radical (unpaired) electrons. The first kappa shape index (κ1) is 19.1. The van der Waals surface area contributed by atoms with Crippen LogP contribution >= 0.6 is 12.6 Å². The molecular formula is C22H23N3OS. The van der Waals surface area contributed by atoms with E-state index in [-0.39, 0.29) is 11.0 Å². The molecule has 0 bridgehead atoms. The molecular weight excluding hydrogens is 354 g/mol. The van der Waals surface area contributed by atoms with Crippen LogP contribution in [-0.4, -0.2) is 5.91 Å². The lowest BCUT2D eigenvalue weighted by Gasteiger charge is -2.39. The van der Waals surface area contributed by atoms with Gasteiger partial charge in [0.2, 0.25) is 0 Å². The van der Waals surface area contributed by atoms with Gasteiger partial charge in [0.1, 0.15) is 17.8 Å². The number of hydrogen-bond acceptors (Lipinski definition) is 4. The van der Waals surface area contributed by atoms with Gasteiger partial charge in [0, 0.05) is 5.69 Å². The number of thiol groups is 1. The number of para-hydroxylation sites is 1.